The summed E-state index contributed by atoms with van der Waals surface area (Å²) in [4.78, 5) is 0. The Labute approximate surface area is 158 Å². The van der Waals surface area contributed by atoms with Gasteiger partial charge in [-0.1, -0.05) is 60.7 Å². The van der Waals surface area contributed by atoms with Gasteiger partial charge in [0.05, 0.1) is 17.9 Å². The van der Waals surface area contributed by atoms with Crippen LogP contribution in [0, 0.1) is 0 Å². The molecule has 0 N–H and O–H groups in total. The molecule has 0 unspecified atom stereocenters. The second-order valence-corrected chi connectivity index (χ2v) is 6.83. The average Bonchev–Trinajstić information content (AvgIpc) is 2.74. The molecule has 4 aromatic carbocycles. The lowest BCUT2D eigenvalue weighted by Gasteiger charge is -2.15. The van der Waals surface area contributed by atoms with E-state index in [4.69, 9.17) is 4.74 Å². The molecule has 0 radical (unpaired) electrons. The Kier molecular flexibility index (Phi) is 3.58. The molecule has 0 spiro atoms. The zero-order chi connectivity index (χ0) is 18.4. The van der Waals surface area contributed by atoms with Crippen LogP contribution >= 0.6 is 0 Å². The number of nitrogens with zero attached hydrogens (tertiary/aromatic N) is 1. The Morgan fingerprint density at radius 3 is 2.19 bits per heavy atom. The maximum absolute atomic E-state index is 5.79. The lowest BCUT2D eigenvalue weighted by atomic mass is 9.91. The largest absolute Gasteiger partial charge is 0.496 e. The predicted octanol–water partition coefficient (Wildman–Crippen LogP) is 5.65. The van der Waals surface area contributed by atoms with Crippen molar-refractivity contribution in [3.8, 4) is 16.9 Å². The summed E-state index contributed by atoms with van der Waals surface area (Å²) in [7, 11) is 3.87. The fourth-order valence-electron chi connectivity index (χ4n) is 4.19. The average molecular weight is 350 g/mol. The second-order valence-electron chi connectivity index (χ2n) is 6.83. The standard InChI is InChI=1S/C25H20NO/c1-26-21-14-6-5-12-20(21)24(25-22(26)15-8-16-23(25)27-2)19-13-7-10-17-9-3-4-11-18(17)19/h3-16H,1-2H3/q+1. The Bertz CT molecular complexity index is 1320. The molecular weight excluding hydrogens is 330 g/mol. The molecule has 0 fully saturated rings. The van der Waals surface area contributed by atoms with Crippen LogP contribution in [0.15, 0.2) is 84.9 Å². The molecule has 2 heteroatoms. The molecule has 0 aliphatic rings. The number of pyridine rings is 1. The van der Waals surface area contributed by atoms with E-state index in [1.807, 2.05) is 6.07 Å². The van der Waals surface area contributed by atoms with E-state index in [1.54, 1.807) is 7.11 Å². The number of aromatic nitrogens is 1. The van der Waals surface area contributed by atoms with E-state index < -0.39 is 0 Å². The van der Waals surface area contributed by atoms with Gasteiger partial charge in [0.15, 0.2) is 0 Å². The van der Waals surface area contributed by atoms with Gasteiger partial charge in [0.25, 0.3) is 0 Å². The number of ether oxygens (including phenoxy) is 1. The van der Waals surface area contributed by atoms with Gasteiger partial charge >= 0.3 is 0 Å². The first-order valence-corrected chi connectivity index (χ1v) is 9.15. The number of rotatable bonds is 2. The van der Waals surface area contributed by atoms with Crippen LogP contribution in [-0.4, -0.2) is 7.11 Å². The van der Waals surface area contributed by atoms with Crippen molar-refractivity contribution in [1.29, 1.82) is 0 Å². The molecular formula is C25H20NO+. The number of aryl methyl sites for hydroxylation is 1. The van der Waals surface area contributed by atoms with Crippen LogP contribution in [0.5, 0.6) is 5.75 Å². The van der Waals surface area contributed by atoms with Crippen LogP contribution in [0.3, 0.4) is 0 Å². The van der Waals surface area contributed by atoms with Gasteiger partial charge in [-0.05, 0) is 28.5 Å². The molecule has 5 aromatic rings. The summed E-state index contributed by atoms with van der Waals surface area (Å²) in [6.07, 6.45) is 0. The summed E-state index contributed by atoms with van der Waals surface area (Å²) < 4.78 is 8.04. The minimum atomic E-state index is 0.900. The van der Waals surface area contributed by atoms with Crippen LogP contribution in [0.4, 0.5) is 0 Å². The van der Waals surface area contributed by atoms with Crippen molar-refractivity contribution in [2.24, 2.45) is 7.05 Å². The monoisotopic (exact) mass is 350 g/mol. The molecule has 1 aromatic heterocycles. The fourth-order valence-corrected chi connectivity index (χ4v) is 4.19. The molecule has 0 bridgehead atoms. The highest BCUT2D eigenvalue weighted by molar-refractivity contribution is 6.14. The first-order chi connectivity index (χ1) is 13.3. The lowest BCUT2D eigenvalue weighted by molar-refractivity contribution is -0.617. The fraction of sp³-hybridized carbons (Fsp3) is 0.0800. The van der Waals surface area contributed by atoms with Crippen LogP contribution in [0.2, 0.25) is 0 Å². The summed E-state index contributed by atoms with van der Waals surface area (Å²) in [5, 5.41) is 4.88. The molecule has 0 amide bonds. The van der Waals surface area contributed by atoms with Crippen molar-refractivity contribution in [2.45, 2.75) is 0 Å². The minimum absolute atomic E-state index is 0.900. The second kappa shape index (κ2) is 6.10. The van der Waals surface area contributed by atoms with E-state index >= 15 is 0 Å². The minimum Gasteiger partial charge on any atom is -0.496 e. The highest BCUT2D eigenvalue weighted by atomic mass is 16.5. The van der Waals surface area contributed by atoms with Crippen molar-refractivity contribution in [3.63, 3.8) is 0 Å². The van der Waals surface area contributed by atoms with Gasteiger partial charge in [-0.15, -0.1) is 0 Å². The molecule has 130 valence electrons. The number of methoxy groups -OCH3 is 1. The van der Waals surface area contributed by atoms with Crippen molar-refractivity contribution >= 4 is 32.6 Å². The van der Waals surface area contributed by atoms with E-state index in [1.165, 1.54) is 32.8 Å². The molecule has 0 aliphatic carbocycles. The van der Waals surface area contributed by atoms with Crippen LogP contribution < -0.4 is 9.30 Å². The van der Waals surface area contributed by atoms with Gasteiger partial charge in [-0.2, -0.15) is 4.57 Å². The molecule has 1 heterocycles. The smallest absolute Gasteiger partial charge is 0.217 e. The van der Waals surface area contributed by atoms with Gasteiger partial charge in [-0.25, -0.2) is 0 Å². The van der Waals surface area contributed by atoms with Gasteiger partial charge in [0.1, 0.15) is 12.8 Å². The Morgan fingerprint density at radius 1 is 0.667 bits per heavy atom. The maximum Gasteiger partial charge on any atom is 0.217 e. The highest BCUT2D eigenvalue weighted by Crippen LogP contribution is 2.41. The van der Waals surface area contributed by atoms with Crippen molar-refractivity contribution < 1.29 is 9.30 Å². The molecule has 0 saturated carbocycles. The summed E-state index contributed by atoms with van der Waals surface area (Å²) in [5.41, 5.74) is 4.84. The van der Waals surface area contributed by atoms with E-state index in [2.05, 4.69) is 90.5 Å². The normalized spacial score (nSPS) is 11.3. The van der Waals surface area contributed by atoms with Crippen LogP contribution in [0.25, 0.3) is 43.7 Å². The zero-order valence-electron chi connectivity index (χ0n) is 15.4. The van der Waals surface area contributed by atoms with Crippen molar-refractivity contribution in [1.82, 2.24) is 0 Å². The molecule has 0 saturated heterocycles. The topological polar surface area (TPSA) is 13.1 Å². The molecule has 2 nitrogen and oxygen atoms in total. The van der Waals surface area contributed by atoms with Gasteiger partial charge in [0, 0.05) is 17.7 Å². The number of benzene rings is 4. The third kappa shape index (κ3) is 2.30. The van der Waals surface area contributed by atoms with Gasteiger partial charge in [-0.3, -0.25) is 0 Å². The van der Waals surface area contributed by atoms with Gasteiger partial charge < -0.3 is 4.74 Å². The summed E-state index contributed by atoms with van der Waals surface area (Å²) >= 11 is 0. The maximum atomic E-state index is 5.79. The SMILES string of the molecule is COc1cccc2c1c(-c1cccc3ccccc13)c1ccccc1[n+]2C. The summed E-state index contributed by atoms with van der Waals surface area (Å²) in [5.74, 6) is 0.900. The summed E-state index contributed by atoms with van der Waals surface area (Å²) in [6, 6.07) is 30.0. The Hall–Kier alpha value is -3.39. The highest BCUT2D eigenvalue weighted by Gasteiger charge is 2.22. The lowest BCUT2D eigenvalue weighted by Crippen LogP contribution is -2.30. The molecule has 27 heavy (non-hydrogen) atoms. The van der Waals surface area contributed by atoms with Crippen LogP contribution in [-0.2, 0) is 7.05 Å². The summed E-state index contributed by atoms with van der Waals surface area (Å²) in [6.45, 7) is 0. The quantitative estimate of drug-likeness (QED) is 0.296. The Balaban J connectivity index is 2.09. The predicted molar refractivity (Wildman–Crippen MR) is 112 cm³/mol. The first-order valence-electron chi connectivity index (χ1n) is 9.15. The van der Waals surface area contributed by atoms with E-state index in [0.29, 0.717) is 0 Å². The molecule has 0 aliphatic heterocycles. The third-order valence-electron chi connectivity index (χ3n) is 5.43. The van der Waals surface area contributed by atoms with Crippen LogP contribution in [0.1, 0.15) is 0 Å². The first kappa shape index (κ1) is 15.8. The zero-order valence-corrected chi connectivity index (χ0v) is 15.4. The number of fused-ring (bicyclic) bond motifs is 3. The molecule has 5 rings (SSSR count). The van der Waals surface area contributed by atoms with Crippen molar-refractivity contribution in [3.05, 3.63) is 84.9 Å². The number of hydrogen-bond acceptors (Lipinski definition) is 1. The number of hydrogen-bond donors (Lipinski definition) is 0. The van der Waals surface area contributed by atoms with Crippen molar-refractivity contribution in [2.75, 3.05) is 7.11 Å². The van der Waals surface area contributed by atoms with E-state index in [0.717, 1.165) is 16.7 Å². The molecule has 0 atom stereocenters. The number of para-hydroxylation sites is 1. The third-order valence-corrected chi connectivity index (χ3v) is 5.43. The van der Waals surface area contributed by atoms with Gasteiger partial charge in [0.2, 0.25) is 11.0 Å². The van der Waals surface area contributed by atoms with E-state index in [-0.39, 0.29) is 0 Å². The Morgan fingerprint density at radius 2 is 1.33 bits per heavy atom. The van der Waals surface area contributed by atoms with E-state index in [9.17, 15) is 0 Å².